The zero-order valence-electron chi connectivity index (χ0n) is 13.3. The van der Waals surface area contributed by atoms with Crippen molar-refractivity contribution in [2.45, 2.75) is 70.6 Å². The first-order valence-corrected chi connectivity index (χ1v) is 9.09. The SMILES string of the molecule is CC(C)NCC(OC1CCCCCC1)c1cccc(Br)c1. The van der Waals surface area contributed by atoms with Crippen molar-refractivity contribution < 1.29 is 4.74 Å². The van der Waals surface area contributed by atoms with Crippen molar-refractivity contribution in [2.24, 2.45) is 0 Å². The van der Waals surface area contributed by atoms with Gasteiger partial charge >= 0.3 is 0 Å². The zero-order valence-corrected chi connectivity index (χ0v) is 14.9. The van der Waals surface area contributed by atoms with Gasteiger partial charge in [0.2, 0.25) is 0 Å². The largest absolute Gasteiger partial charge is 0.369 e. The average molecular weight is 354 g/mol. The predicted molar refractivity (Wildman–Crippen MR) is 92.6 cm³/mol. The van der Waals surface area contributed by atoms with E-state index in [0.29, 0.717) is 12.1 Å². The third kappa shape index (κ3) is 6.09. The molecule has 1 saturated carbocycles. The van der Waals surface area contributed by atoms with Crippen LogP contribution >= 0.6 is 15.9 Å². The molecule has 0 radical (unpaired) electrons. The molecule has 1 aliphatic carbocycles. The molecule has 1 atom stereocenters. The van der Waals surface area contributed by atoms with Gasteiger partial charge in [0.25, 0.3) is 0 Å². The number of rotatable bonds is 6. The lowest BCUT2D eigenvalue weighted by Crippen LogP contribution is -2.31. The van der Waals surface area contributed by atoms with Crippen LogP contribution in [-0.2, 0) is 4.74 Å². The molecule has 1 aliphatic rings. The van der Waals surface area contributed by atoms with Gasteiger partial charge in [-0.15, -0.1) is 0 Å². The third-order valence-corrected chi connectivity index (χ3v) is 4.58. The number of hydrogen-bond acceptors (Lipinski definition) is 2. The van der Waals surface area contributed by atoms with Crippen molar-refractivity contribution in [3.63, 3.8) is 0 Å². The van der Waals surface area contributed by atoms with E-state index in [1.807, 2.05) is 0 Å². The first kappa shape index (κ1) is 17.0. The van der Waals surface area contributed by atoms with E-state index in [1.54, 1.807) is 0 Å². The Bertz CT molecular complexity index is 413. The van der Waals surface area contributed by atoms with Crippen LogP contribution in [0.5, 0.6) is 0 Å². The Morgan fingerprint density at radius 1 is 1.19 bits per heavy atom. The normalized spacial score (nSPS) is 18.7. The van der Waals surface area contributed by atoms with Gasteiger partial charge in [-0.2, -0.15) is 0 Å². The molecule has 1 fully saturated rings. The molecule has 0 aliphatic heterocycles. The van der Waals surface area contributed by atoms with Crippen molar-refractivity contribution in [3.05, 3.63) is 34.3 Å². The smallest absolute Gasteiger partial charge is 0.0953 e. The summed E-state index contributed by atoms with van der Waals surface area (Å²) in [6.45, 7) is 5.25. The lowest BCUT2D eigenvalue weighted by atomic mass is 10.1. The summed E-state index contributed by atoms with van der Waals surface area (Å²) in [5.74, 6) is 0. The first-order chi connectivity index (χ1) is 10.1. The maximum Gasteiger partial charge on any atom is 0.0953 e. The molecule has 0 amide bonds. The minimum absolute atomic E-state index is 0.146. The number of halogens is 1. The Kier molecular flexibility index (Phi) is 7.21. The Morgan fingerprint density at radius 2 is 1.90 bits per heavy atom. The van der Waals surface area contributed by atoms with Crippen LogP contribution < -0.4 is 5.32 Å². The number of benzene rings is 1. The maximum atomic E-state index is 6.48. The summed E-state index contributed by atoms with van der Waals surface area (Å²) < 4.78 is 7.60. The molecule has 1 N–H and O–H groups in total. The molecular formula is C18H28BrNO. The van der Waals surface area contributed by atoms with Crippen molar-refractivity contribution in [3.8, 4) is 0 Å². The van der Waals surface area contributed by atoms with Crippen molar-refractivity contribution in [1.29, 1.82) is 0 Å². The van der Waals surface area contributed by atoms with Crippen LogP contribution in [0.4, 0.5) is 0 Å². The van der Waals surface area contributed by atoms with Gasteiger partial charge in [-0.25, -0.2) is 0 Å². The summed E-state index contributed by atoms with van der Waals surface area (Å²) in [6.07, 6.45) is 8.36. The predicted octanol–water partition coefficient (Wildman–Crippen LogP) is 5.23. The van der Waals surface area contributed by atoms with Crippen LogP contribution in [-0.4, -0.2) is 18.7 Å². The van der Waals surface area contributed by atoms with Crippen LogP contribution in [0.2, 0.25) is 0 Å². The minimum atomic E-state index is 0.146. The van der Waals surface area contributed by atoms with Crippen molar-refractivity contribution in [2.75, 3.05) is 6.54 Å². The van der Waals surface area contributed by atoms with Gasteiger partial charge < -0.3 is 10.1 Å². The molecule has 21 heavy (non-hydrogen) atoms. The lowest BCUT2D eigenvalue weighted by Gasteiger charge is -2.26. The zero-order chi connectivity index (χ0) is 15.1. The van der Waals surface area contributed by atoms with E-state index in [1.165, 1.54) is 44.1 Å². The van der Waals surface area contributed by atoms with E-state index in [2.05, 4.69) is 59.4 Å². The van der Waals surface area contributed by atoms with Crippen LogP contribution in [0, 0.1) is 0 Å². The summed E-state index contributed by atoms with van der Waals surface area (Å²) in [7, 11) is 0. The van der Waals surface area contributed by atoms with E-state index in [4.69, 9.17) is 4.74 Å². The molecule has 2 rings (SSSR count). The summed E-state index contributed by atoms with van der Waals surface area (Å²) in [5, 5.41) is 3.53. The fourth-order valence-corrected chi connectivity index (χ4v) is 3.32. The van der Waals surface area contributed by atoms with E-state index < -0.39 is 0 Å². The summed E-state index contributed by atoms with van der Waals surface area (Å²) in [4.78, 5) is 0. The molecule has 0 heterocycles. The highest BCUT2D eigenvalue weighted by atomic mass is 79.9. The Hall–Kier alpha value is -0.380. The minimum Gasteiger partial charge on any atom is -0.369 e. The molecule has 118 valence electrons. The highest BCUT2D eigenvalue weighted by Crippen LogP contribution is 2.27. The second-order valence-corrected chi connectivity index (χ2v) is 7.27. The van der Waals surface area contributed by atoms with Crippen LogP contribution in [0.3, 0.4) is 0 Å². The van der Waals surface area contributed by atoms with Gasteiger partial charge in [0.15, 0.2) is 0 Å². The Balaban J connectivity index is 2.03. The lowest BCUT2D eigenvalue weighted by molar-refractivity contribution is -0.0209. The van der Waals surface area contributed by atoms with E-state index in [9.17, 15) is 0 Å². The number of nitrogens with one attached hydrogen (secondary N) is 1. The number of ether oxygens (including phenoxy) is 1. The van der Waals surface area contributed by atoms with E-state index in [0.717, 1.165) is 11.0 Å². The monoisotopic (exact) mass is 353 g/mol. The molecule has 0 spiro atoms. The Morgan fingerprint density at radius 3 is 2.52 bits per heavy atom. The van der Waals surface area contributed by atoms with Crippen LogP contribution in [0.15, 0.2) is 28.7 Å². The summed E-state index contributed by atoms with van der Waals surface area (Å²) in [6, 6.07) is 9.01. The van der Waals surface area contributed by atoms with Gasteiger partial charge in [0.1, 0.15) is 0 Å². The second-order valence-electron chi connectivity index (χ2n) is 6.36. The molecule has 0 aromatic heterocycles. The van der Waals surface area contributed by atoms with Gasteiger partial charge in [0.05, 0.1) is 12.2 Å². The fraction of sp³-hybridized carbons (Fsp3) is 0.667. The Labute approximate surface area is 137 Å². The van der Waals surface area contributed by atoms with E-state index in [-0.39, 0.29) is 6.10 Å². The van der Waals surface area contributed by atoms with E-state index >= 15 is 0 Å². The average Bonchev–Trinajstić information content (AvgIpc) is 2.71. The third-order valence-electron chi connectivity index (χ3n) is 4.09. The van der Waals surface area contributed by atoms with Gasteiger partial charge in [-0.1, -0.05) is 67.6 Å². The summed E-state index contributed by atoms with van der Waals surface area (Å²) in [5.41, 5.74) is 1.27. The molecule has 0 saturated heterocycles. The highest BCUT2D eigenvalue weighted by Gasteiger charge is 2.20. The highest BCUT2D eigenvalue weighted by molar-refractivity contribution is 9.10. The van der Waals surface area contributed by atoms with Gasteiger partial charge in [-0.3, -0.25) is 0 Å². The maximum absolute atomic E-state index is 6.48. The summed E-state index contributed by atoms with van der Waals surface area (Å²) >= 11 is 3.57. The van der Waals surface area contributed by atoms with Gasteiger partial charge in [0, 0.05) is 17.1 Å². The molecule has 1 aromatic carbocycles. The molecule has 1 unspecified atom stereocenters. The molecule has 1 aromatic rings. The van der Waals surface area contributed by atoms with Crippen molar-refractivity contribution in [1.82, 2.24) is 5.32 Å². The van der Waals surface area contributed by atoms with Crippen molar-refractivity contribution >= 4 is 15.9 Å². The van der Waals surface area contributed by atoms with Gasteiger partial charge in [-0.05, 0) is 30.5 Å². The molecule has 0 bridgehead atoms. The molecular weight excluding hydrogens is 326 g/mol. The molecule has 2 nitrogen and oxygen atoms in total. The quantitative estimate of drug-likeness (QED) is 0.707. The number of hydrogen-bond donors (Lipinski definition) is 1. The second kappa shape index (κ2) is 8.92. The standard InChI is InChI=1S/C18H28BrNO/c1-14(2)20-13-18(15-8-7-9-16(19)12-15)21-17-10-5-3-4-6-11-17/h7-9,12,14,17-18,20H,3-6,10-11,13H2,1-2H3. The fourth-order valence-electron chi connectivity index (χ4n) is 2.90. The van der Waals surface area contributed by atoms with Crippen LogP contribution in [0.25, 0.3) is 0 Å². The molecule has 3 heteroatoms. The first-order valence-electron chi connectivity index (χ1n) is 8.29. The van der Waals surface area contributed by atoms with Crippen LogP contribution in [0.1, 0.15) is 64.0 Å². The topological polar surface area (TPSA) is 21.3 Å².